The van der Waals surface area contributed by atoms with Crippen molar-refractivity contribution in [3.63, 3.8) is 0 Å². The van der Waals surface area contributed by atoms with E-state index in [-0.39, 0.29) is 12.5 Å². The van der Waals surface area contributed by atoms with Crippen LogP contribution in [0.15, 0.2) is 4.99 Å². The minimum Gasteiger partial charge on any atom is -0.459 e. The molecule has 0 atom stereocenters. The highest BCUT2D eigenvalue weighted by Gasteiger charge is 2.15. The molecule has 0 aliphatic carbocycles. The van der Waals surface area contributed by atoms with E-state index in [2.05, 4.69) is 15.6 Å². The minimum atomic E-state index is -0.479. The second-order valence-corrected chi connectivity index (χ2v) is 4.91. The molecule has 0 fully saturated rings. The molecule has 0 aliphatic heterocycles. The van der Waals surface area contributed by atoms with Gasteiger partial charge in [-0.1, -0.05) is 0 Å². The zero-order valence-electron chi connectivity index (χ0n) is 12.7. The van der Waals surface area contributed by atoms with Gasteiger partial charge in [-0.2, -0.15) is 0 Å². The minimum absolute atomic E-state index is 0.00123. The summed E-state index contributed by atoms with van der Waals surface area (Å²) in [6.07, 6.45) is 0. The summed E-state index contributed by atoms with van der Waals surface area (Å²) in [5.74, 6) is 0.252. The molecule has 0 aromatic heterocycles. The number of aliphatic imine (C=N–C) groups is 1. The summed E-state index contributed by atoms with van der Waals surface area (Å²) in [7, 11) is 0. The molecule has 6 heteroatoms. The molecule has 19 heavy (non-hydrogen) atoms. The first-order valence-corrected chi connectivity index (χ1v) is 6.70. The molecule has 0 heterocycles. The van der Waals surface area contributed by atoms with E-state index in [1.54, 1.807) is 0 Å². The average Bonchev–Trinajstić information content (AvgIpc) is 2.29. The van der Waals surface area contributed by atoms with Crippen molar-refractivity contribution in [2.24, 2.45) is 4.99 Å². The van der Waals surface area contributed by atoms with Crippen LogP contribution in [-0.2, 0) is 14.3 Å². The van der Waals surface area contributed by atoms with E-state index < -0.39 is 5.60 Å². The number of hydrogen-bond acceptors (Lipinski definition) is 4. The molecular weight excluding hydrogens is 246 g/mol. The molecule has 6 nitrogen and oxygen atoms in total. The Morgan fingerprint density at radius 2 is 1.89 bits per heavy atom. The van der Waals surface area contributed by atoms with Gasteiger partial charge in [-0.05, 0) is 34.6 Å². The Morgan fingerprint density at radius 3 is 2.42 bits per heavy atom. The van der Waals surface area contributed by atoms with Gasteiger partial charge >= 0.3 is 5.97 Å². The summed E-state index contributed by atoms with van der Waals surface area (Å²) in [5.41, 5.74) is -0.479. The predicted molar refractivity (Wildman–Crippen MR) is 76.3 cm³/mol. The summed E-state index contributed by atoms with van der Waals surface area (Å²) >= 11 is 0. The van der Waals surface area contributed by atoms with Gasteiger partial charge < -0.3 is 20.1 Å². The number of esters is 1. The van der Waals surface area contributed by atoms with Crippen molar-refractivity contribution < 1.29 is 14.3 Å². The van der Waals surface area contributed by atoms with Crippen LogP contribution in [0.25, 0.3) is 0 Å². The van der Waals surface area contributed by atoms with Gasteiger partial charge in [0, 0.05) is 19.7 Å². The van der Waals surface area contributed by atoms with Gasteiger partial charge in [0.1, 0.15) is 12.1 Å². The third kappa shape index (κ3) is 11.5. The van der Waals surface area contributed by atoms with E-state index in [0.29, 0.717) is 25.7 Å². The maximum atomic E-state index is 11.5. The molecule has 2 N–H and O–H groups in total. The van der Waals surface area contributed by atoms with Crippen LogP contribution in [0, 0.1) is 0 Å². The summed E-state index contributed by atoms with van der Waals surface area (Å²) in [6.45, 7) is 12.1. The lowest BCUT2D eigenvalue weighted by atomic mass is 10.2. The van der Waals surface area contributed by atoms with E-state index in [1.807, 2.05) is 34.6 Å². The smallest absolute Gasteiger partial charge is 0.328 e. The van der Waals surface area contributed by atoms with Crippen LogP contribution in [0.5, 0.6) is 0 Å². The Hall–Kier alpha value is -1.30. The first kappa shape index (κ1) is 17.7. The molecular formula is C13H27N3O3. The molecule has 0 amide bonds. The summed E-state index contributed by atoms with van der Waals surface area (Å²) in [4.78, 5) is 15.7. The van der Waals surface area contributed by atoms with Crippen LogP contribution < -0.4 is 10.6 Å². The van der Waals surface area contributed by atoms with Crippen LogP contribution in [0.2, 0.25) is 0 Å². The number of ether oxygens (including phenoxy) is 2. The second kappa shape index (κ2) is 9.61. The molecule has 0 unspecified atom stereocenters. The first-order chi connectivity index (χ1) is 8.89. The zero-order valence-corrected chi connectivity index (χ0v) is 12.7. The van der Waals surface area contributed by atoms with E-state index in [1.165, 1.54) is 0 Å². The van der Waals surface area contributed by atoms with Gasteiger partial charge in [0.2, 0.25) is 0 Å². The fourth-order valence-electron chi connectivity index (χ4n) is 1.25. The second-order valence-electron chi connectivity index (χ2n) is 4.91. The molecule has 112 valence electrons. The lowest BCUT2D eigenvalue weighted by Crippen LogP contribution is -2.39. The van der Waals surface area contributed by atoms with Crippen LogP contribution in [0.4, 0.5) is 0 Å². The number of rotatable bonds is 7. The number of guanidine groups is 1. The molecule has 0 radical (unpaired) electrons. The SMILES string of the molecule is CCNC(=NCC(=O)OC(C)(C)C)NCCOCC. The Labute approximate surface area is 116 Å². The lowest BCUT2D eigenvalue weighted by Gasteiger charge is -2.19. The fraction of sp³-hybridized carbons (Fsp3) is 0.846. The Kier molecular flexibility index (Phi) is 8.95. The number of carbonyl (C=O) groups is 1. The van der Waals surface area contributed by atoms with Gasteiger partial charge in [0.05, 0.1) is 6.61 Å². The Morgan fingerprint density at radius 1 is 1.21 bits per heavy atom. The zero-order chi connectivity index (χ0) is 14.7. The molecule has 0 bridgehead atoms. The molecule has 0 aromatic carbocycles. The van der Waals surface area contributed by atoms with E-state index in [4.69, 9.17) is 9.47 Å². The van der Waals surface area contributed by atoms with Crippen LogP contribution >= 0.6 is 0 Å². The maximum absolute atomic E-state index is 11.5. The summed E-state index contributed by atoms with van der Waals surface area (Å²) in [5, 5.41) is 6.13. The predicted octanol–water partition coefficient (Wildman–Crippen LogP) is 0.920. The monoisotopic (exact) mass is 273 g/mol. The third-order valence-electron chi connectivity index (χ3n) is 1.87. The summed E-state index contributed by atoms with van der Waals surface area (Å²) < 4.78 is 10.4. The van der Waals surface area contributed by atoms with Gasteiger partial charge in [-0.15, -0.1) is 0 Å². The van der Waals surface area contributed by atoms with E-state index in [0.717, 1.165) is 6.54 Å². The number of nitrogens with zero attached hydrogens (tertiary/aromatic N) is 1. The third-order valence-corrected chi connectivity index (χ3v) is 1.87. The van der Waals surface area contributed by atoms with Crippen molar-refractivity contribution in [3.05, 3.63) is 0 Å². The largest absolute Gasteiger partial charge is 0.459 e. The van der Waals surface area contributed by atoms with E-state index >= 15 is 0 Å². The number of hydrogen-bond donors (Lipinski definition) is 2. The highest BCUT2D eigenvalue weighted by atomic mass is 16.6. The first-order valence-electron chi connectivity index (χ1n) is 6.70. The normalized spacial score (nSPS) is 12.2. The standard InChI is InChI=1S/C13H27N3O3/c1-6-14-12(15-8-9-18-7-2)16-10-11(17)19-13(3,4)5/h6-10H2,1-5H3,(H2,14,15,16). The highest BCUT2D eigenvalue weighted by molar-refractivity contribution is 5.83. The van der Waals surface area contributed by atoms with Gasteiger partial charge in [0.15, 0.2) is 5.96 Å². The lowest BCUT2D eigenvalue weighted by molar-refractivity contribution is -0.152. The van der Waals surface area contributed by atoms with Gasteiger partial charge in [0.25, 0.3) is 0 Å². The molecule has 0 spiro atoms. The van der Waals surface area contributed by atoms with Crippen LogP contribution in [0.1, 0.15) is 34.6 Å². The topological polar surface area (TPSA) is 72.0 Å². The average molecular weight is 273 g/mol. The van der Waals surface area contributed by atoms with Crippen molar-refractivity contribution >= 4 is 11.9 Å². The molecule has 0 saturated carbocycles. The fourth-order valence-corrected chi connectivity index (χ4v) is 1.25. The highest BCUT2D eigenvalue weighted by Crippen LogP contribution is 2.06. The summed E-state index contributed by atoms with van der Waals surface area (Å²) in [6, 6.07) is 0. The van der Waals surface area contributed by atoms with Crippen LogP contribution in [0.3, 0.4) is 0 Å². The number of carbonyl (C=O) groups excluding carboxylic acids is 1. The molecule has 0 aliphatic rings. The van der Waals surface area contributed by atoms with Gasteiger partial charge in [-0.3, -0.25) is 4.79 Å². The molecule has 0 saturated heterocycles. The van der Waals surface area contributed by atoms with Crippen molar-refractivity contribution in [2.45, 2.75) is 40.2 Å². The number of nitrogens with one attached hydrogen (secondary N) is 2. The maximum Gasteiger partial charge on any atom is 0.328 e. The molecule has 0 aromatic rings. The Balaban J connectivity index is 4.14. The van der Waals surface area contributed by atoms with Crippen molar-refractivity contribution in [1.82, 2.24) is 10.6 Å². The quantitative estimate of drug-likeness (QED) is 0.312. The van der Waals surface area contributed by atoms with Gasteiger partial charge in [-0.25, -0.2) is 4.99 Å². The van der Waals surface area contributed by atoms with Crippen molar-refractivity contribution in [3.8, 4) is 0 Å². The Bertz CT molecular complexity index is 285. The van der Waals surface area contributed by atoms with Crippen molar-refractivity contribution in [1.29, 1.82) is 0 Å². The van der Waals surface area contributed by atoms with Crippen LogP contribution in [-0.4, -0.2) is 50.4 Å². The van der Waals surface area contributed by atoms with E-state index in [9.17, 15) is 4.79 Å². The molecule has 0 rings (SSSR count). The van der Waals surface area contributed by atoms with Crippen molar-refractivity contribution in [2.75, 3.05) is 32.8 Å².